The molecule has 0 bridgehead atoms. The molecule has 22 heavy (non-hydrogen) atoms. The highest BCUT2D eigenvalue weighted by Gasteiger charge is 2.03. The van der Waals surface area contributed by atoms with Crippen LogP contribution in [0.5, 0.6) is 0 Å². The van der Waals surface area contributed by atoms with E-state index in [4.69, 9.17) is 11.6 Å². The Bertz CT molecular complexity index is 661. The molecule has 1 amide bonds. The van der Waals surface area contributed by atoms with Gasteiger partial charge in [0.15, 0.2) is 0 Å². The molecule has 0 heterocycles. The summed E-state index contributed by atoms with van der Waals surface area (Å²) >= 11 is 7.49. The quantitative estimate of drug-likeness (QED) is 0.643. The Balaban J connectivity index is 1.72. The van der Waals surface area contributed by atoms with Gasteiger partial charge >= 0.3 is 0 Å². The standard InChI is InChI=1S/C16H14ClFN2OS/c17-15-4-2-1-3-13(15)10-22-11-16(21)20-19-9-12-5-7-14(18)8-6-12/h1-9H,10-11H2,(H,20,21)/b19-9-. The Kier molecular flexibility index (Phi) is 6.43. The normalized spacial score (nSPS) is 10.8. The summed E-state index contributed by atoms with van der Waals surface area (Å²) in [4.78, 5) is 11.6. The molecule has 2 aromatic carbocycles. The minimum Gasteiger partial charge on any atom is -0.272 e. The fourth-order valence-corrected chi connectivity index (χ4v) is 2.73. The molecule has 0 atom stereocenters. The third kappa shape index (κ3) is 5.50. The second-order valence-electron chi connectivity index (χ2n) is 4.43. The molecule has 1 N–H and O–H groups in total. The molecule has 114 valence electrons. The predicted molar refractivity (Wildman–Crippen MR) is 89.8 cm³/mol. The summed E-state index contributed by atoms with van der Waals surface area (Å²) in [6.45, 7) is 0. The van der Waals surface area contributed by atoms with Gasteiger partial charge in [0.2, 0.25) is 5.91 Å². The smallest absolute Gasteiger partial charge is 0.250 e. The maximum Gasteiger partial charge on any atom is 0.250 e. The summed E-state index contributed by atoms with van der Waals surface area (Å²) in [5.41, 5.74) is 4.14. The van der Waals surface area contributed by atoms with Crippen LogP contribution in [0.2, 0.25) is 5.02 Å². The number of carbonyl (C=O) groups excluding carboxylic acids is 1. The average molecular weight is 337 g/mol. The van der Waals surface area contributed by atoms with E-state index in [9.17, 15) is 9.18 Å². The Hall–Kier alpha value is -1.85. The molecule has 0 aliphatic rings. The zero-order valence-electron chi connectivity index (χ0n) is 11.6. The summed E-state index contributed by atoms with van der Waals surface area (Å²) in [5, 5.41) is 4.53. The van der Waals surface area contributed by atoms with E-state index in [1.807, 2.05) is 24.3 Å². The highest BCUT2D eigenvalue weighted by Crippen LogP contribution is 2.20. The first-order valence-electron chi connectivity index (χ1n) is 6.54. The van der Waals surface area contributed by atoms with Gasteiger partial charge in [-0.2, -0.15) is 5.10 Å². The lowest BCUT2D eigenvalue weighted by atomic mass is 10.2. The van der Waals surface area contributed by atoms with Crippen LogP contribution in [0.15, 0.2) is 53.6 Å². The van der Waals surface area contributed by atoms with Crippen LogP contribution in [0.3, 0.4) is 0 Å². The number of hydrogen-bond donors (Lipinski definition) is 1. The predicted octanol–water partition coefficient (Wildman–Crippen LogP) is 3.86. The van der Waals surface area contributed by atoms with E-state index in [-0.39, 0.29) is 17.5 Å². The molecule has 2 aromatic rings. The van der Waals surface area contributed by atoms with Crippen molar-refractivity contribution in [1.82, 2.24) is 5.43 Å². The molecule has 0 saturated carbocycles. The third-order valence-electron chi connectivity index (χ3n) is 2.72. The van der Waals surface area contributed by atoms with Gasteiger partial charge in [-0.1, -0.05) is 41.9 Å². The molecule has 0 unspecified atom stereocenters. The first-order valence-corrected chi connectivity index (χ1v) is 8.07. The van der Waals surface area contributed by atoms with Gasteiger partial charge in [0.05, 0.1) is 12.0 Å². The molecule has 0 aliphatic carbocycles. The van der Waals surface area contributed by atoms with Crippen molar-refractivity contribution in [2.75, 3.05) is 5.75 Å². The number of rotatable bonds is 6. The fraction of sp³-hybridized carbons (Fsp3) is 0.125. The summed E-state index contributed by atoms with van der Waals surface area (Å²) in [5.74, 6) is 0.438. The lowest BCUT2D eigenvalue weighted by molar-refractivity contribution is -0.118. The van der Waals surface area contributed by atoms with Gasteiger partial charge < -0.3 is 0 Å². The van der Waals surface area contributed by atoms with Crippen molar-refractivity contribution in [1.29, 1.82) is 0 Å². The number of nitrogens with zero attached hydrogens (tertiary/aromatic N) is 1. The van der Waals surface area contributed by atoms with E-state index in [0.29, 0.717) is 16.3 Å². The van der Waals surface area contributed by atoms with Crippen LogP contribution in [0.25, 0.3) is 0 Å². The lowest BCUT2D eigenvalue weighted by Gasteiger charge is -2.03. The molecule has 6 heteroatoms. The SMILES string of the molecule is O=C(CSCc1ccccc1Cl)N/N=C\c1ccc(F)cc1. The van der Waals surface area contributed by atoms with Crippen LogP contribution in [0.4, 0.5) is 4.39 Å². The Morgan fingerprint density at radius 3 is 2.68 bits per heavy atom. The Morgan fingerprint density at radius 2 is 1.95 bits per heavy atom. The fourth-order valence-electron chi connectivity index (χ4n) is 1.63. The molecular weight excluding hydrogens is 323 g/mol. The van der Waals surface area contributed by atoms with Crippen molar-refractivity contribution in [3.8, 4) is 0 Å². The van der Waals surface area contributed by atoms with Gasteiger partial charge in [0.25, 0.3) is 0 Å². The van der Waals surface area contributed by atoms with Gasteiger partial charge in [-0.3, -0.25) is 4.79 Å². The second kappa shape index (κ2) is 8.56. The van der Waals surface area contributed by atoms with Crippen LogP contribution < -0.4 is 5.43 Å². The summed E-state index contributed by atoms with van der Waals surface area (Å²) in [6, 6.07) is 13.4. The molecule has 2 rings (SSSR count). The maximum absolute atomic E-state index is 12.7. The topological polar surface area (TPSA) is 41.5 Å². The van der Waals surface area contributed by atoms with E-state index in [1.165, 1.54) is 30.1 Å². The van der Waals surface area contributed by atoms with E-state index in [2.05, 4.69) is 10.5 Å². The van der Waals surface area contributed by atoms with Crippen molar-refractivity contribution < 1.29 is 9.18 Å². The zero-order valence-corrected chi connectivity index (χ0v) is 13.2. The number of benzene rings is 2. The molecule has 0 aromatic heterocycles. The van der Waals surface area contributed by atoms with Gasteiger partial charge in [0.1, 0.15) is 5.82 Å². The lowest BCUT2D eigenvalue weighted by Crippen LogP contribution is -2.19. The molecule has 3 nitrogen and oxygen atoms in total. The summed E-state index contributed by atoms with van der Waals surface area (Å²) in [6.07, 6.45) is 1.47. The highest BCUT2D eigenvalue weighted by atomic mass is 35.5. The number of hydrogen-bond acceptors (Lipinski definition) is 3. The van der Waals surface area contributed by atoms with E-state index >= 15 is 0 Å². The van der Waals surface area contributed by atoms with Crippen LogP contribution in [0.1, 0.15) is 11.1 Å². The monoisotopic (exact) mass is 336 g/mol. The van der Waals surface area contributed by atoms with Crippen LogP contribution in [-0.2, 0) is 10.5 Å². The number of nitrogens with one attached hydrogen (secondary N) is 1. The molecule has 0 aliphatic heterocycles. The highest BCUT2D eigenvalue weighted by molar-refractivity contribution is 7.99. The average Bonchev–Trinajstić information content (AvgIpc) is 2.51. The van der Waals surface area contributed by atoms with Crippen molar-refractivity contribution >= 4 is 35.5 Å². The summed E-state index contributed by atoms with van der Waals surface area (Å²) in [7, 11) is 0. The largest absolute Gasteiger partial charge is 0.272 e. The van der Waals surface area contributed by atoms with Gasteiger partial charge in [-0.05, 0) is 29.3 Å². The maximum atomic E-state index is 12.7. The second-order valence-corrected chi connectivity index (χ2v) is 5.82. The van der Waals surface area contributed by atoms with E-state index in [0.717, 1.165) is 5.56 Å². The molecule has 0 spiro atoms. The first-order chi connectivity index (χ1) is 10.6. The molecule has 0 radical (unpaired) electrons. The van der Waals surface area contributed by atoms with Crippen LogP contribution in [0, 0.1) is 5.82 Å². The number of carbonyl (C=O) groups is 1. The minimum atomic E-state index is -0.308. The van der Waals surface area contributed by atoms with Crippen LogP contribution in [-0.4, -0.2) is 17.9 Å². The van der Waals surface area contributed by atoms with Gasteiger partial charge in [-0.15, -0.1) is 11.8 Å². The molecular formula is C16H14ClFN2OS. The van der Waals surface area contributed by atoms with Crippen molar-refractivity contribution in [3.05, 3.63) is 70.5 Å². The number of hydrazone groups is 1. The van der Waals surface area contributed by atoms with Gasteiger partial charge in [0, 0.05) is 10.8 Å². The Labute approximate surface area is 137 Å². The van der Waals surface area contributed by atoms with E-state index in [1.54, 1.807) is 12.1 Å². The molecule has 0 fully saturated rings. The molecule has 0 saturated heterocycles. The number of amides is 1. The van der Waals surface area contributed by atoms with Gasteiger partial charge in [-0.25, -0.2) is 9.82 Å². The van der Waals surface area contributed by atoms with Crippen molar-refractivity contribution in [2.24, 2.45) is 5.10 Å². The van der Waals surface area contributed by atoms with Crippen molar-refractivity contribution in [2.45, 2.75) is 5.75 Å². The van der Waals surface area contributed by atoms with E-state index < -0.39 is 0 Å². The number of thioether (sulfide) groups is 1. The zero-order chi connectivity index (χ0) is 15.8. The summed E-state index contributed by atoms with van der Waals surface area (Å²) < 4.78 is 12.7. The van der Waals surface area contributed by atoms with Crippen molar-refractivity contribution in [3.63, 3.8) is 0 Å². The Morgan fingerprint density at radius 1 is 1.23 bits per heavy atom. The minimum absolute atomic E-state index is 0.199. The van der Waals surface area contributed by atoms with Crippen LogP contribution >= 0.6 is 23.4 Å². The first kappa shape index (κ1) is 16.5. The number of halogens is 2. The third-order valence-corrected chi connectivity index (χ3v) is 4.07.